The van der Waals surface area contributed by atoms with Gasteiger partial charge in [0.25, 0.3) is 0 Å². The summed E-state index contributed by atoms with van der Waals surface area (Å²) in [5, 5.41) is 0. The Morgan fingerprint density at radius 3 is 2.50 bits per heavy atom. The van der Waals surface area contributed by atoms with Gasteiger partial charge < -0.3 is 4.52 Å². The summed E-state index contributed by atoms with van der Waals surface area (Å²) in [6.07, 6.45) is 1.21. The Morgan fingerprint density at radius 1 is 1.58 bits per heavy atom. The molecule has 0 radical (unpaired) electrons. The van der Waals surface area contributed by atoms with Crippen molar-refractivity contribution in [1.29, 1.82) is 0 Å². The van der Waals surface area contributed by atoms with Crippen molar-refractivity contribution < 1.29 is 4.52 Å². The number of rotatable bonds is 2. The molecule has 1 saturated heterocycles. The Balaban J connectivity index is 2.64. The second-order valence-electron chi connectivity index (χ2n) is 3.76. The molecule has 1 rings (SSSR count). The molecule has 1 unspecified atom stereocenters. The molecule has 1 aliphatic heterocycles. The van der Waals surface area contributed by atoms with E-state index in [1.807, 2.05) is 0 Å². The van der Waals surface area contributed by atoms with Gasteiger partial charge in [-0.1, -0.05) is 6.92 Å². The molecule has 1 aliphatic rings. The summed E-state index contributed by atoms with van der Waals surface area (Å²) in [6.45, 7) is 10.0. The minimum absolute atomic E-state index is 0.0437. The van der Waals surface area contributed by atoms with Gasteiger partial charge in [0.1, 0.15) is 0 Å². The Hall–Kier alpha value is 1.08. The largest absolute Gasteiger partial charge is 0.328 e. The minimum atomic E-state index is -0.358. The zero-order valence-corrected chi connectivity index (χ0v) is 11.2. The smallest absolute Gasteiger partial charge is 0.173 e. The Kier molecular flexibility index (Phi) is 3.79. The van der Waals surface area contributed by atoms with Crippen LogP contribution in [-0.2, 0) is 4.52 Å². The van der Waals surface area contributed by atoms with Crippen molar-refractivity contribution in [3.8, 4) is 0 Å². The standard InChI is InChI=1S/C8H17INOP/c1-5-6-10-7(2)8(3,4)11-12(10)9/h7H,5-6H2,1-4H3/t7-,12?/m1/s1. The molecule has 0 aromatic heterocycles. The fourth-order valence-corrected chi connectivity index (χ4v) is 6.16. The van der Waals surface area contributed by atoms with Crippen LogP contribution >= 0.6 is 28.0 Å². The SMILES string of the molecule is CCCN1[C@H](C)C(C)(C)OP1I. The Labute approximate surface area is 89.4 Å². The molecule has 4 heteroatoms. The first-order chi connectivity index (χ1) is 5.49. The van der Waals surface area contributed by atoms with Crippen molar-refractivity contribution in [3.63, 3.8) is 0 Å². The lowest BCUT2D eigenvalue weighted by Gasteiger charge is -2.25. The van der Waals surface area contributed by atoms with Gasteiger partial charge in [-0.3, -0.25) is 0 Å². The third kappa shape index (κ3) is 2.11. The van der Waals surface area contributed by atoms with Crippen LogP contribution in [0.15, 0.2) is 0 Å². The molecule has 0 saturated carbocycles. The van der Waals surface area contributed by atoms with Crippen LogP contribution < -0.4 is 0 Å². The van der Waals surface area contributed by atoms with E-state index in [-0.39, 0.29) is 11.5 Å². The van der Waals surface area contributed by atoms with Crippen LogP contribution in [0.2, 0.25) is 0 Å². The van der Waals surface area contributed by atoms with Gasteiger partial charge in [0.2, 0.25) is 0 Å². The maximum atomic E-state index is 5.90. The van der Waals surface area contributed by atoms with Gasteiger partial charge in [-0.15, -0.1) is 0 Å². The van der Waals surface area contributed by atoms with E-state index in [1.54, 1.807) is 0 Å². The molecule has 2 nitrogen and oxygen atoms in total. The van der Waals surface area contributed by atoms with Gasteiger partial charge in [0, 0.05) is 12.6 Å². The predicted octanol–water partition coefficient (Wildman–Crippen LogP) is 3.56. The van der Waals surface area contributed by atoms with Gasteiger partial charge in [0.05, 0.1) is 5.60 Å². The normalized spacial score (nSPS) is 35.8. The molecule has 0 bridgehead atoms. The molecular weight excluding hydrogens is 284 g/mol. The maximum Gasteiger partial charge on any atom is 0.173 e. The van der Waals surface area contributed by atoms with E-state index in [0.717, 1.165) is 0 Å². The summed E-state index contributed by atoms with van der Waals surface area (Å²) in [5.74, 6) is -0.358. The quantitative estimate of drug-likeness (QED) is 0.571. The van der Waals surface area contributed by atoms with Crippen molar-refractivity contribution in [2.75, 3.05) is 6.54 Å². The highest BCUT2D eigenvalue weighted by Gasteiger charge is 2.43. The van der Waals surface area contributed by atoms with E-state index < -0.39 is 0 Å². The second-order valence-corrected chi connectivity index (χ2v) is 7.39. The number of halogens is 1. The molecular formula is C8H17INOP. The van der Waals surface area contributed by atoms with Crippen LogP contribution in [0, 0.1) is 0 Å². The molecule has 2 atom stereocenters. The summed E-state index contributed by atoms with van der Waals surface area (Å²) in [7, 11) is 0. The number of nitrogens with zero attached hydrogens (tertiary/aromatic N) is 1. The molecule has 0 N–H and O–H groups in total. The Bertz CT molecular complexity index is 165. The summed E-state index contributed by atoms with van der Waals surface area (Å²) < 4.78 is 8.39. The van der Waals surface area contributed by atoms with E-state index in [4.69, 9.17) is 4.52 Å². The van der Waals surface area contributed by atoms with Crippen LogP contribution in [0.4, 0.5) is 0 Å². The highest BCUT2D eigenvalue weighted by Crippen LogP contribution is 2.61. The van der Waals surface area contributed by atoms with Crippen LogP contribution in [0.25, 0.3) is 0 Å². The predicted molar refractivity (Wildman–Crippen MR) is 62.6 cm³/mol. The fraction of sp³-hybridized carbons (Fsp3) is 1.00. The molecule has 12 heavy (non-hydrogen) atoms. The third-order valence-electron chi connectivity index (χ3n) is 2.42. The van der Waals surface area contributed by atoms with Crippen LogP contribution in [0.5, 0.6) is 0 Å². The van der Waals surface area contributed by atoms with Crippen molar-refractivity contribution >= 4 is 28.0 Å². The van der Waals surface area contributed by atoms with E-state index in [9.17, 15) is 0 Å². The van der Waals surface area contributed by atoms with E-state index in [0.29, 0.717) is 6.04 Å². The zero-order chi connectivity index (χ0) is 9.35. The van der Waals surface area contributed by atoms with Crippen molar-refractivity contribution in [3.05, 3.63) is 0 Å². The average Bonchev–Trinajstić information content (AvgIpc) is 2.13. The van der Waals surface area contributed by atoms with E-state index in [1.165, 1.54) is 13.0 Å². The molecule has 0 aromatic rings. The molecule has 0 aliphatic carbocycles. The summed E-state index contributed by atoms with van der Waals surface area (Å²) in [6, 6.07) is 0.556. The second kappa shape index (κ2) is 4.07. The van der Waals surface area contributed by atoms with Crippen molar-refractivity contribution in [2.45, 2.75) is 45.8 Å². The van der Waals surface area contributed by atoms with Gasteiger partial charge in [-0.2, -0.15) is 0 Å². The molecule has 0 amide bonds. The highest BCUT2D eigenvalue weighted by molar-refractivity contribution is 14.2. The molecule has 1 fully saturated rings. The summed E-state index contributed by atoms with van der Waals surface area (Å²) >= 11 is 2.43. The zero-order valence-electron chi connectivity index (χ0n) is 8.17. The average molecular weight is 301 g/mol. The fourth-order valence-electron chi connectivity index (χ4n) is 1.32. The minimum Gasteiger partial charge on any atom is -0.328 e. The summed E-state index contributed by atoms with van der Waals surface area (Å²) in [4.78, 5) is 0. The van der Waals surface area contributed by atoms with E-state index in [2.05, 4.69) is 54.4 Å². The molecule has 0 aromatic carbocycles. The molecule has 1 heterocycles. The lowest BCUT2D eigenvalue weighted by atomic mass is 10.0. The lowest BCUT2D eigenvalue weighted by molar-refractivity contribution is 0.112. The van der Waals surface area contributed by atoms with Crippen molar-refractivity contribution in [1.82, 2.24) is 4.67 Å². The molecule has 72 valence electrons. The number of hydrogen-bond acceptors (Lipinski definition) is 2. The highest BCUT2D eigenvalue weighted by atomic mass is 127. The van der Waals surface area contributed by atoms with Gasteiger partial charge in [0.15, 0.2) is 5.94 Å². The van der Waals surface area contributed by atoms with Gasteiger partial charge in [-0.25, -0.2) is 4.67 Å². The lowest BCUT2D eigenvalue weighted by Crippen LogP contribution is -2.37. The first-order valence-electron chi connectivity index (χ1n) is 4.40. The first kappa shape index (κ1) is 11.2. The van der Waals surface area contributed by atoms with Crippen LogP contribution in [-0.4, -0.2) is 22.9 Å². The number of hydrogen-bond donors (Lipinski definition) is 0. The molecule has 0 spiro atoms. The van der Waals surface area contributed by atoms with E-state index >= 15 is 0 Å². The third-order valence-corrected chi connectivity index (χ3v) is 6.24. The first-order valence-corrected chi connectivity index (χ1v) is 8.40. The summed E-state index contributed by atoms with van der Waals surface area (Å²) in [5.41, 5.74) is 0.0437. The van der Waals surface area contributed by atoms with Crippen LogP contribution in [0.1, 0.15) is 34.1 Å². The Morgan fingerprint density at radius 2 is 2.17 bits per heavy atom. The van der Waals surface area contributed by atoms with Gasteiger partial charge >= 0.3 is 0 Å². The topological polar surface area (TPSA) is 12.5 Å². The van der Waals surface area contributed by atoms with Gasteiger partial charge in [-0.05, 0) is 49.2 Å². The van der Waals surface area contributed by atoms with Crippen LogP contribution in [0.3, 0.4) is 0 Å². The monoisotopic (exact) mass is 301 g/mol. The van der Waals surface area contributed by atoms with Crippen molar-refractivity contribution in [2.24, 2.45) is 0 Å². The maximum absolute atomic E-state index is 5.90.